The minimum absolute atomic E-state index is 0.143. The molecule has 0 heterocycles. The average Bonchev–Trinajstić information content (AvgIpc) is 2.28. The lowest BCUT2D eigenvalue weighted by Crippen LogP contribution is -2.25. The number of benzene rings is 1. The van der Waals surface area contributed by atoms with Gasteiger partial charge in [0.05, 0.1) is 17.8 Å². The molecule has 100 valence electrons. The van der Waals surface area contributed by atoms with Crippen molar-refractivity contribution in [1.29, 1.82) is 0 Å². The van der Waals surface area contributed by atoms with Crippen LogP contribution in [0, 0.1) is 5.82 Å². The molecule has 0 aromatic heterocycles. The topological polar surface area (TPSA) is 35.5 Å². The highest BCUT2D eigenvalue weighted by atomic mass is 19.1. The Kier molecular flexibility index (Phi) is 4.84. The van der Waals surface area contributed by atoms with Gasteiger partial charge in [-0.3, -0.25) is 4.79 Å². The Hall–Kier alpha value is -1.42. The van der Waals surface area contributed by atoms with E-state index in [0.717, 1.165) is 0 Å². The molecule has 0 amide bonds. The number of carbonyl (C=O) groups excluding carboxylic acids is 1. The van der Waals surface area contributed by atoms with Crippen molar-refractivity contribution in [3.8, 4) is 5.75 Å². The normalized spacial score (nSPS) is 11.4. The van der Waals surface area contributed by atoms with Crippen LogP contribution < -0.4 is 4.74 Å². The second-order valence-corrected chi connectivity index (χ2v) is 4.76. The van der Waals surface area contributed by atoms with Gasteiger partial charge in [-0.25, -0.2) is 4.39 Å². The number of halogens is 1. The van der Waals surface area contributed by atoms with Crippen molar-refractivity contribution in [2.75, 3.05) is 13.7 Å². The second-order valence-electron chi connectivity index (χ2n) is 4.76. The molecule has 0 aliphatic carbocycles. The van der Waals surface area contributed by atoms with Gasteiger partial charge in [-0.2, -0.15) is 0 Å². The molecule has 0 saturated heterocycles. The molecular weight excluding hydrogens is 235 g/mol. The molecule has 0 unspecified atom stereocenters. The summed E-state index contributed by atoms with van der Waals surface area (Å²) in [7, 11) is 1.63. The summed E-state index contributed by atoms with van der Waals surface area (Å²) < 4.78 is 23.9. The van der Waals surface area contributed by atoms with E-state index >= 15 is 0 Å². The van der Waals surface area contributed by atoms with Gasteiger partial charge in [-0.1, -0.05) is 0 Å². The zero-order chi connectivity index (χ0) is 13.8. The van der Waals surface area contributed by atoms with Crippen LogP contribution in [0.1, 0.15) is 37.6 Å². The summed E-state index contributed by atoms with van der Waals surface area (Å²) in [4.78, 5) is 11.4. The first-order valence-corrected chi connectivity index (χ1v) is 5.84. The maximum Gasteiger partial charge on any atom is 0.163 e. The van der Waals surface area contributed by atoms with Crippen molar-refractivity contribution in [3.05, 3.63) is 29.6 Å². The minimum atomic E-state index is -0.416. The molecule has 0 radical (unpaired) electrons. The summed E-state index contributed by atoms with van der Waals surface area (Å²) in [6.45, 7) is 5.67. The van der Waals surface area contributed by atoms with Crippen molar-refractivity contribution >= 4 is 5.78 Å². The van der Waals surface area contributed by atoms with Crippen LogP contribution >= 0.6 is 0 Å². The summed E-state index contributed by atoms with van der Waals surface area (Å²) >= 11 is 0. The van der Waals surface area contributed by atoms with Gasteiger partial charge >= 0.3 is 0 Å². The highest BCUT2D eigenvalue weighted by Crippen LogP contribution is 2.22. The maximum absolute atomic E-state index is 13.1. The lowest BCUT2D eigenvalue weighted by molar-refractivity contribution is 0.00540. The first-order valence-electron chi connectivity index (χ1n) is 5.84. The van der Waals surface area contributed by atoms with Crippen molar-refractivity contribution < 1.29 is 18.7 Å². The number of hydrogen-bond donors (Lipinski definition) is 0. The predicted octanol–water partition coefficient (Wildman–Crippen LogP) is 3.22. The maximum atomic E-state index is 13.1. The summed E-state index contributed by atoms with van der Waals surface area (Å²) in [5.41, 5.74) is 0.0931. The van der Waals surface area contributed by atoms with E-state index in [4.69, 9.17) is 9.47 Å². The Morgan fingerprint density at radius 2 is 2.06 bits per heavy atom. The monoisotopic (exact) mass is 254 g/mol. The Balaban J connectivity index is 2.72. The molecule has 1 aromatic rings. The number of carbonyl (C=O) groups is 1. The largest absolute Gasteiger partial charge is 0.493 e. The van der Waals surface area contributed by atoms with E-state index in [1.807, 2.05) is 13.8 Å². The highest BCUT2D eigenvalue weighted by molar-refractivity contribution is 5.96. The van der Waals surface area contributed by atoms with E-state index in [1.165, 1.54) is 25.1 Å². The van der Waals surface area contributed by atoms with Crippen LogP contribution in [0.5, 0.6) is 5.75 Å². The quantitative estimate of drug-likeness (QED) is 0.731. The Morgan fingerprint density at radius 1 is 1.39 bits per heavy atom. The van der Waals surface area contributed by atoms with E-state index in [0.29, 0.717) is 18.6 Å². The lowest BCUT2D eigenvalue weighted by Gasteiger charge is -2.22. The molecule has 0 N–H and O–H groups in total. The summed E-state index contributed by atoms with van der Waals surface area (Å²) in [6.07, 6.45) is 0.650. The van der Waals surface area contributed by atoms with Gasteiger partial charge in [-0.15, -0.1) is 0 Å². The summed E-state index contributed by atoms with van der Waals surface area (Å²) in [5, 5.41) is 0. The summed E-state index contributed by atoms with van der Waals surface area (Å²) in [5.74, 6) is -0.272. The molecule has 0 fully saturated rings. The number of Topliss-reactive ketones (excluding diaryl/α,β-unsaturated/α-hetero) is 1. The van der Waals surface area contributed by atoms with Crippen LogP contribution in [0.15, 0.2) is 18.2 Å². The van der Waals surface area contributed by atoms with Crippen LogP contribution in [-0.2, 0) is 4.74 Å². The zero-order valence-corrected chi connectivity index (χ0v) is 11.2. The van der Waals surface area contributed by atoms with Gasteiger partial charge in [0.25, 0.3) is 0 Å². The van der Waals surface area contributed by atoms with Gasteiger partial charge in [0, 0.05) is 19.6 Å². The number of hydrogen-bond acceptors (Lipinski definition) is 3. The molecule has 0 atom stereocenters. The van der Waals surface area contributed by atoms with E-state index in [9.17, 15) is 9.18 Å². The highest BCUT2D eigenvalue weighted by Gasteiger charge is 2.17. The van der Waals surface area contributed by atoms with Crippen LogP contribution in [-0.4, -0.2) is 25.1 Å². The molecule has 1 rings (SSSR count). The molecule has 3 nitrogen and oxygen atoms in total. The zero-order valence-electron chi connectivity index (χ0n) is 11.2. The van der Waals surface area contributed by atoms with Crippen LogP contribution in [0.3, 0.4) is 0 Å². The third kappa shape index (κ3) is 4.11. The fourth-order valence-electron chi connectivity index (χ4n) is 1.42. The fraction of sp³-hybridized carbons (Fsp3) is 0.500. The van der Waals surface area contributed by atoms with E-state index in [1.54, 1.807) is 7.11 Å². The van der Waals surface area contributed by atoms with Gasteiger partial charge in [0.15, 0.2) is 5.78 Å². The number of ketones is 1. The van der Waals surface area contributed by atoms with E-state index in [2.05, 4.69) is 0 Å². The first-order chi connectivity index (χ1) is 8.35. The third-order valence-electron chi connectivity index (χ3n) is 2.84. The molecule has 0 bridgehead atoms. The predicted molar refractivity (Wildman–Crippen MR) is 67.6 cm³/mol. The second kappa shape index (κ2) is 5.96. The first kappa shape index (κ1) is 14.6. The molecule has 0 aliphatic heterocycles. The summed E-state index contributed by atoms with van der Waals surface area (Å²) in [6, 6.07) is 3.92. The van der Waals surface area contributed by atoms with E-state index in [-0.39, 0.29) is 17.1 Å². The van der Waals surface area contributed by atoms with Crippen LogP contribution in [0.2, 0.25) is 0 Å². The third-order valence-corrected chi connectivity index (χ3v) is 2.84. The van der Waals surface area contributed by atoms with Crippen molar-refractivity contribution in [3.63, 3.8) is 0 Å². The number of ether oxygens (including phenoxy) is 2. The van der Waals surface area contributed by atoms with Crippen molar-refractivity contribution in [2.45, 2.75) is 32.8 Å². The Labute approximate surface area is 107 Å². The van der Waals surface area contributed by atoms with Gasteiger partial charge in [0.1, 0.15) is 11.6 Å². The minimum Gasteiger partial charge on any atom is -0.493 e. The van der Waals surface area contributed by atoms with Gasteiger partial charge in [-0.05, 0) is 32.9 Å². The van der Waals surface area contributed by atoms with Crippen LogP contribution in [0.25, 0.3) is 0 Å². The standard InChI is InChI=1S/C14H19FO3/c1-10(16)12-6-5-11(15)9-13(12)18-8-7-14(2,3)17-4/h5-6,9H,7-8H2,1-4H3. The smallest absolute Gasteiger partial charge is 0.163 e. The van der Waals surface area contributed by atoms with Gasteiger partial charge in [0.2, 0.25) is 0 Å². The molecule has 1 aromatic carbocycles. The lowest BCUT2D eigenvalue weighted by atomic mass is 10.1. The van der Waals surface area contributed by atoms with Gasteiger partial charge < -0.3 is 9.47 Å². The Bertz CT molecular complexity index is 427. The molecule has 4 heteroatoms. The van der Waals surface area contributed by atoms with E-state index < -0.39 is 5.82 Å². The van der Waals surface area contributed by atoms with Crippen molar-refractivity contribution in [1.82, 2.24) is 0 Å². The van der Waals surface area contributed by atoms with Crippen LogP contribution in [0.4, 0.5) is 4.39 Å². The molecule has 0 spiro atoms. The SMILES string of the molecule is COC(C)(C)CCOc1cc(F)ccc1C(C)=O. The number of rotatable bonds is 6. The molecular formula is C14H19FO3. The average molecular weight is 254 g/mol. The Morgan fingerprint density at radius 3 is 2.61 bits per heavy atom. The number of methoxy groups -OCH3 is 1. The molecule has 0 aliphatic rings. The van der Waals surface area contributed by atoms with Crippen molar-refractivity contribution in [2.24, 2.45) is 0 Å². The molecule has 0 saturated carbocycles. The fourth-order valence-corrected chi connectivity index (χ4v) is 1.42. The molecule has 18 heavy (non-hydrogen) atoms.